The first-order valence-electron chi connectivity index (χ1n) is 16.2. The summed E-state index contributed by atoms with van der Waals surface area (Å²) in [5.74, 6) is 1.33. The summed E-state index contributed by atoms with van der Waals surface area (Å²) in [6.07, 6.45) is 6.79. The molecule has 1 amide bonds. The molecule has 0 unspecified atom stereocenters. The van der Waals surface area contributed by atoms with Crippen molar-refractivity contribution < 1.29 is 19.0 Å². The van der Waals surface area contributed by atoms with Gasteiger partial charge in [-0.3, -0.25) is 4.79 Å². The minimum absolute atomic E-state index is 0.0619. The number of hydrogen-bond donors (Lipinski definition) is 1. The van der Waals surface area contributed by atoms with E-state index in [1.54, 1.807) is 7.11 Å². The van der Waals surface area contributed by atoms with E-state index < -0.39 is 0 Å². The molecule has 0 spiro atoms. The summed E-state index contributed by atoms with van der Waals surface area (Å²) in [6, 6.07) is 18.6. The van der Waals surface area contributed by atoms with Crippen molar-refractivity contribution in [2.45, 2.75) is 76.5 Å². The number of amides is 1. The Morgan fingerprint density at radius 2 is 1.63 bits per heavy atom. The monoisotopic (exact) mass is 682 g/mol. The normalized spacial score (nSPS) is 19.0. The van der Waals surface area contributed by atoms with E-state index in [1.807, 2.05) is 37.3 Å². The Bertz CT molecular complexity index is 1560. The molecule has 0 aromatic heterocycles. The van der Waals surface area contributed by atoms with E-state index in [1.165, 1.54) is 5.56 Å². The number of halogens is 3. The van der Waals surface area contributed by atoms with Crippen molar-refractivity contribution in [3.63, 3.8) is 0 Å². The molecule has 2 aliphatic heterocycles. The minimum Gasteiger partial charge on any atom is -0.490 e. The van der Waals surface area contributed by atoms with Gasteiger partial charge in [-0.15, -0.1) is 0 Å². The van der Waals surface area contributed by atoms with Crippen LogP contribution in [0, 0.1) is 6.92 Å². The van der Waals surface area contributed by atoms with Crippen molar-refractivity contribution in [2.75, 3.05) is 26.9 Å². The molecule has 0 radical (unpaired) electrons. The van der Waals surface area contributed by atoms with Crippen LogP contribution in [0.2, 0.25) is 15.1 Å². The third kappa shape index (κ3) is 7.86. The lowest BCUT2D eigenvalue weighted by atomic mass is 9.88. The number of aryl methyl sites for hydroxylation is 2. The second-order valence-electron chi connectivity index (χ2n) is 12.6. The summed E-state index contributed by atoms with van der Waals surface area (Å²) in [6.45, 7) is 3.81. The number of hydrogen-bond acceptors (Lipinski definition) is 5. The van der Waals surface area contributed by atoms with Crippen molar-refractivity contribution in [1.82, 2.24) is 10.2 Å². The summed E-state index contributed by atoms with van der Waals surface area (Å²) in [7, 11) is 1.72. The highest BCUT2D eigenvalue weighted by atomic mass is 35.5. The van der Waals surface area contributed by atoms with E-state index in [0.717, 1.165) is 85.1 Å². The molecule has 1 saturated carbocycles. The van der Waals surface area contributed by atoms with Gasteiger partial charge < -0.3 is 24.4 Å². The zero-order valence-electron chi connectivity index (χ0n) is 26.4. The maximum atomic E-state index is 14.5. The lowest BCUT2D eigenvalue weighted by Gasteiger charge is -2.32. The van der Waals surface area contributed by atoms with Crippen LogP contribution in [0.5, 0.6) is 11.5 Å². The van der Waals surface area contributed by atoms with Gasteiger partial charge in [-0.2, -0.15) is 0 Å². The fourth-order valence-corrected chi connectivity index (χ4v) is 7.51. The first-order valence-corrected chi connectivity index (χ1v) is 17.3. The molecule has 1 N–H and O–H groups in total. The molecule has 46 heavy (non-hydrogen) atoms. The summed E-state index contributed by atoms with van der Waals surface area (Å²) in [4.78, 5) is 16.6. The minimum atomic E-state index is 0.0619. The lowest BCUT2D eigenvalue weighted by molar-refractivity contribution is -0.128. The summed E-state index contributed by atoms with van der Waals surface area (Å²) in [5.41, 5.74) is 6.31. The van der Waals surface area contributed by atoms with Crippen molar-refractivity contribution >= 4 is 46.3 Å². The Morgan fingerprint density at radius 3 is 2.35 bits per heavy atom. The van der Waals surface area contributed by atoms with Crippen molar-refractivity contribution in [3.05, 3.63) is 97.5 Å². The molecular weight excluding hydrogens is 643 g/mol. The van der Waals surface area contributed by atoms with Crippen LogP contribution in [0.25, 0.3) is 5.57 Å². The van der Waals surface area contributed by atoms with E-state index in [-0.39, 0.29) is 18.0 Å². The second kappa shape index (κ2) is 15.0. The molecule has 1 aliphatic carbocycles. The van der Waals surface area contributed by atoms with Crippen LogP contribution < -0.4 is 14.8 Å². The molecule has 2 heterocycles. The first kappa shape index (κ1) is 33.2. The van der Waals surface area contributed by atoms with Crippen LogP contribution in [0.3, 0.4) is 0 Å². The number of ether oxygens (including phenoxy) is 3. The van der Waals surface area contributed by atoms with E-state index in [0.29, 0.717) is 46.6 Å². The number of methoxy groups -OCH3 is 1. The number of nitrogens with zero attached hydrogens (tertiary/aromatic N) is 1. The number of fused-ring (bicyclic) bond motifs is 2. The fraction of sp³-hybridized carbons (Fsp3) is 0.432. The number of rotatable bonds is 14. The maximum Gasteiger partial charge on any atom is 0.252 e. The number of carbonyl (C=O) groups is 1. The van der Waals surface area contributed by atoms with Gasteiger partial charge in [0, 0.05) is 49.0 Å². The quantitative estimate of drug-likeness (QED) is 0.173. The molecule has 2 fully saturated rings. The standard InChI is InChI=1S/C37H41Cl3N2O4/c1-23-18-32(39)36(33(40)19-23)46-17-16-45-29-11-6-25(7-12-29)30-21-27-8-14-34(41-27)35(30)37(43)42(28-9-10-28)22-26-20-24(4-3-15-44-2)5-13-31(26)38/h5-7,11-13,18-20,27-28,34,41H,3-4,8-10,14-17,21-22H2,1-2H3/t27-,34-/m0/s1. The van der Waals surface area contributed by atoms with Crippen molar-refractivity contribution in [2.24, 2.45) is 0 Å². The van der Waals surface area contributed by atoms with Crippen LogP contribution in [0.4, 0.5) is 0 Å². The topological polar surface area (TPSA) is 60.0 Å². The summed E-state index contributed by atoms with van der Waals surface area (Å²) < 4.78 is 17.0. The van der Waals surface area contributed by atoms with Gasteiger partial charge in [0.25, 0.3) is 5.91 Å². The van der Waals surface area contributed by atoms with E-state index in [4.69, 9.17) is 49.0 Å². The first-order chi connectivity index (χ1) is 22.3. The molecule has 3 aliphatic rings. The number of carbonyl (C=O) groups excluding carboxylic acids is 1. The fourth-order valence-electron chi connectivity index (χ4n) is 6.62. The average molecular weight is 684 g/mol. The molecule has 2 bridgehead atoms. The molecule has 3 aromatic rings. The largest absolute Gasteiger partial charge is 0.490 e. The molecule has 6 nitrogen and oxygen atoms in total. The van der Waals surface area contributed by atoms with Crippen LogP contribution in [-0.4, -0.2) is 55.9 Å². The molecule has 9 heteroatoms. The molecule has 244 valence electrons. The highest BCUT2D eigenvalue weighted by Gasteiger charge is 2.42. The zero-order valence-corrected chi connectivity index (χ0v) is 28.7. The SMILES string of the molecule is COCCCc1ccc(Cl)c(CN(C(=O)C2=C(c3ccc(OCCOc4c(Cl)cc(C)cc4Cl)cc3)C[C@@H]3CC[C@@H]2N3)C2CC2)c1. The van der Waals surface area contributed by atoms with Gasteiger partial charge in [0.05, 0.1) is 10.0 Å². The second-order valence-corrected chi connectivity index (χ2v) is 13.8. The third-order valence-electron chi connectivity index (χ3n) is 9.05. The van der Waals surface area contributed by atoms with Gasteiger partial charge in [-0.25, -0.2) is 0 Å². The van der Waals surface area contributed by atoms with Gasteiger partial charge in [-0.05, 0) is 110 Å². The van der Waals surface area contributed by atoms with E-state index >= 15 is 0 Å². The van der Waals surface area contributed by atoms with Gasteiger partial charge >= 0.3 is 0 Å². The molecule has 6 rings (SSSR count). The summed E-state index contributed by atoms with van der Waals surface area (Å²) >= 11 is 19.3. The summed E-state index contributed by atoms with van der Waals surface area (Å²) in [5, 5.41) is 5.39. The van der Waals surface area contributed by atoms with Crippen LogP contribution in [0.15, 0.2) is 60.2 Å². The Hall–Kier alpha value is -2.74. The van der Waals surface area contributed by atoms with Crippen molar-refractivity contribution in [3.8, 4) is 11.5 Å². The average Bonchev–Trinajstić information content (AvgIpc) is 3.81. The zero-order chi connectivity index (χ0) is 32.2. The predicted molar refractivity (Wildman–Crippen MR) is 185 cm³/mol. The Morgan fingerprint density at radius 1 is 0.891 bits per heavy atom. The van der Waals surface area contributed by atoms with Gasteiger partial charge in [0.1, 0.15) is 19.0 Å². The molecule has 3 aromatic carbocycles. The number of benzene rings is 3. The number of nitrogens with one attached hydrogen (secondary N) is 1. The smallest absolute Gasteiger partial charge is 0.252 e. The Labute approximate surface area is 286 Å². The van der Waals surface area contributed by atoms with Gasteiger partial charge in [0.2, 0.25) is 0 Å². The van der Waals surface area contributed by atoms with E-state index in [9.17, 15) is 4.79 Å². The van der Waals surface area contributed by atoms with E-state index in [2.05, 4.69) is 34.5 Å². The van der Waals surface area contributed by atoms with Crippen LogP contribution in [-0.2, 0) is 22.5 Å². The van der Waals surface area contributed by atoms with Crippen molar-refractivity contribution in [1.29, 1.82) is 0 Å². The Kier molecular flexibility index (Phi) is 10.8. The molecule has 2 atom stereocenters. The van der Waals surface area contributed by atoms with Crippen LogP contribution in [0.1, 0.15) is 60.8 Å². The molecule has 1 saturated heterocycles. The van der Waals surface area contributed by atoms with Gasteiger partial charge in [-0.1, -0.05) is 59.1 Å². The third-order valence-corrected chi connectivity index (χ3v) is 9.98. The van der Waals surface area contributed by atoms with Gasteiger partial charge in [0.15, 0.2) is 5.75 Å². The highest BCUT2D eigenvalue weighted by molar-refractivity contribution is 6.37. The van der Waals surface area contributed by atoms with Crippen LogP contribution >= 0.6 is 34.8 Å². The predicted octanol–water partition coefficient (Wildman–Crippen LogP) is 8.46. The highest BCUT2D eigenvalue weighted by Crippen LogP contribution is 2.41. The molecular formula is C37H41Cl3N2O4. The lowest BCUT2D eigenvalue weighted by Crippen LogP contribution is -2.44. The Balaban J connectivity index is 1.17. The maximum absolute atomic E-state index is 14.5.